The van der Waals surface area contributed by atoms with Crippen molar-refractivity contribution in [1.29, 1.82) is 0 Å². The molecule has 0 saturated carbocycles. The zero-order valence-electron chi connectivity index (χ0n) is 17.4. The molecule has 0 aromatic heterocycles. The molecule has 0 aliphatic rings. The molecule has 0 fully saturated rings. The molecule has 0 heterocycles. The van der Waals surface area contributed by atoms with Gasteiger partial charge in [0.1, 0.15) is 5.75 Å². The van der Waals surface area contributed by atoms with Gasteiger partial charge in [-0.1, -0.05) is 62.0 Å². The van der Waals surface area contributed by atoms with Crippen molar-refractivity contribution in [2.75, 3.05) is 6.54 Å². The Labute approximate surface area is 182 Å². The van der Waals surface area contributed by atoms with Gasteiger partial charge in [-0.25, -0.2) is 0 Å². The minimum absolute atomic E-state index is 0.0271. The largest absolute Gasteiger partial charge is 0.508 e. The Balaban J connectivity index is 1.82. The molecule has 0 aliphatic heterocycles. The molecule has 4 heteroatoms. The average Bonchev–Trinajstić information content (AvgIpc) is 2.75. The highest BCUT2D eigenvalue weighted by Gasteiger charge is 2.12. The van der Waals surface area contributed by atoms with Gasteiger partial charge in [0, 0.05) is 21.9 Å². The van der Waals surface area contributed by atoms with Crippen molar-refractivity contribution >= 4 is 23.2 Å². The van der Waals surface area contributed by atoms with E-state index in [9.17, 15) is 9.90 Å². The number of aromatic hydroxyl groups is 1. The van der Waals surface area contributed by atoms with Crippen molar-refractivity contribution in [1.82, 2.24) is 5.32 Å². The van der Waals surface area contributed by atoms with E-state index < -0.39 is 0 Å². The summed E-state index contributed by atoms with van der Waals surface area (Å²) in [4.78, 5) is 14.5. The third-order valence-corrected chi connectivity index (χ3v) is 6.13. The summed E-state index contributed by atoms with van der Waals surface area (Å²) in [5.74, 6) is 0.197. The number of rotatable bonds is 8. The van der Waals surface area contributed by atoms with Gasteiger partial charge in [0.25, 0.3) is 5.91 Å². The van der Waals surface area contributed by atoms with E-state index in [1.807, 2.05) is 55.5 Å². The van der Waals surface area contributed by atoms with Crippen molar-refractivity contribution < 1.29 is 9.90 Å². The Morgan fingerprint density at radius 1 is 1.00 bits per heavy atom. The second kappa shape index (κ2) is 10.2. The van der Waals surface area contributed by atoms with E-state index in [0.29, 0.717) is 12.1 Å². The van der Waals surface area contributed by atoms with E-state index >= 15 is 0 Å². The third kappa shape index (κ3) is 5.33. The average molecular weight is 418 g/mol. The van der Waals surface area contributed by atoms with Gasteiger partial charge in [0.2, 0.25) is 0 Å². The molecule has 0 aliphatic carbocycles. The molecule has 0 bridgehead atoms. The number of phenols is 1. The summed E-state index contributed by atoms with van der Waals surface area (Å²) >= 11 is 1.65. The van der Waals surface area contributed by atoms with Crippen LogP contribution < -0.4 is 5.32 Å². The molecule has 3 rings (SSSR count). The van der Waals surface area contributed by atoms with Crippen LogP contribution in [0.15, 0.2) is 83.1 Å². The number of carbonyl (C=O) groups is 1. The fourth-order valence-electron chi connectivity index (χ4n) is 3.16. The van der Waals surface area contributed by atoms with Gasteiger partial charge in [0.15, 0.2) is 0 Å². The van der Waals surface area contributed by atoms with E-state index in [4.69, 9.17) is 0 Å². The molecule has 30 heavy (non-hydrogen) atoms. The first kappa shape index (κ1) is 21.7. The van der Waals surface area contributed by atoms with Crippen LogP contribution in [0.25, 0.3) is 5.57 Å². The highest BCUT2D eigenvalue weighted by Crippen LogP contribution is 2.37. The number of phenolic OH excluding ortho intramolecular Hbond substituents is 1. The van der Waals surface area contributed by atoms with Crippen LogP contribution in [0, 0.1) is 6.92 Å². The lowest BCUT2D eigenvalue weighted by Crippen LogP contribution is -2.24. The van der Waals surface area contributed by atoms with Crippen LogP contribution in [0.4, 0.5) is 0 Å². The monoisotopic (exact) mass is 417 g/mol. The zero-order valence-corrected chi connectivity index (χ0v) is 18.3. The van der Waals surface area contributed by atoms with E-state index in [2.05, 4.69) is 24.9 Å². The number of aryl methyl sites for hydroxylation is 1. The van der Waals surface area contributed by atoms with Crippen molar-refractivity contribution in [3.8, 4) is 5.75 Å². The summed E-state index contributed by atoms with van der Waals surface area (Å²) in [6, 6.07) is 21.1. The first-order chi connectivity index (χ1) is 14.5. The zero-order chi connectivity index (χ0) is 21.5. The topological polar surface area (TPSA) is 49.3 Å². The Kier molecular flexibility index (Phi) is 7.36. The highest BCUT2D eigenvalue weighted by atomic mass is 32.2. The Bertz CT molecular complexity index is 1060. The number of nitrogens with one attached hydrogen (secondary N) is 1. The van der Waals surface area contributed by atoms with Gasteiger partial charge in [-0.15, -0.1) is 0 Å². The van der Waals surface area contributed by atoms with Crippen LogP contribution >= 0.6 is 11.8 Å². The molecule has 0 radical (unpaired) electrons. The Morgan fingerprint density at radius 2 is 1.80 bits per heavy atom. The summed E-state index contributed by atoms with van der Waals surface area (Å²) in [5.41, 5.74) is 4.51. The normalized spacial score (nSPS) is 10.6. The lowest BCUT2D eigenvalue weighted by molar-refractivity contribution is 0.0953. The van der Waals surface area contributed by atoms with Crippen LogP contribution in [0.1, 0.15) is 46.8 Å². The van der Waals surface area contributed by atoms with E-state index in [1.165, 1.54) is 0 Å². The van der Waals surface area contributed by atoms with E-state index in [0.717, 1.165) is 44.9 Å². The quantitative estimate of drug-likeness (QED) is 0.415. The molecule has 2 N–H and O–H groups in total. The maximum Gasteiger partial charge on any atom is 0.251 e. The van der Waals surface area contributed by atoms with Gasteiger partial charge in [-0.05, 0) is 72.0 Å². The standard InChI is InChI=1S/C26H27NO2S/c1-4-5-15-27-26(29)21-13-14-24(18(2)16-21)30-25-12-7-6-11-23(25)19(3)20-9-8-10-22(28)17-20/h6-14,16-17,28H,3-5,15H2,1-2H3,(H,27,29). The predicted octanol–water partition coefficient (Wildman–Crippen LogP) is 6.44. The van der Waals surface area contributed by atoms with Crippen LogP contribution in [0.2, 0.25) is 0 Å². The molecule has 1 amide bonds. The lowest BCUT2D eigenvalue weighted by Gasteiger charge is -2.14. The van der Waals surface area contributed by atoms with Crippen LogP contribution in [0.3, 0.4) is 0 Å². The minimum Gasteiger partial charge on any atom is -0.508 e. The molecular weight excluding hydrogens is 390 g/mol. The van der Waals surface area contributed by atoms with Gasteiger partial charge >= 0.3 is 0 Å². The van der Waals surface area contributed by atoms with Crippen molar-refractivity contribution in [2.24, 2.45) is 0 Å². The number of benzene rings is 3. The molecule has 0 spiro atoms. The minimum atomic E-state index is -0.0271. The summed E-state index contributed by atoms with van der Waals surface area (Å²) < 4.78 is 0. The van der Waals surface area contributed by atoms with Crippen molar-refractivity contribution in [3.63, 3.8) is 0 Å². The Hall–Kier alpha value is -2.98. The fraction of sp³-hybridized carbons (Fsp3) is 0.192. The molecule has 0 saturated heterocycles. The van der Waals surface area contributed by atoms with E-state index in [1.54, 1.807) is 23.9 Å². The molecule has 0 atom stereocenters. The summed E-state index contributed by atoms with van der Waals surface area (Å²) in [6.07, 6.45) is 2.04. The van der Waals surface area contributed by atoms with Crippen LogP contribution in [-0.2, 0) is 0 Å². The third-order valence-electron chi connectivity index (χ3n) is 4.88. The maximum absolute atomic E-state index is 12.3. The van der Waals surface area contributed by atoms with Crippen molar-refractivity contribution in [3.05, 3.63) is 95.6 Å². The molecule has 3 aromatic rings. The summed E-state index contributed by atoms with van der Waals surface area (Å²) in [5, 5.41) is 12.8. The summed E-state index contributed by atoms with van der Waals surface area (Å²) in [7, 11) is 0. The summed E-state index contributed by atoms with van der Waals surface area (Å²) in [6.45, 7) is 9.09. The first-order valence-electron chi connectivity index (χ1n) is 10.1. The molecule has 3 nitrogen and oxygen atoms in total. The SMILES string of the molecule is C=C(c1cccc(O)c1)c1ccccc1Sc1ccc(C(=O)NCCCC)cc1C. The molecule has 3 aromatic carbocycles. The number of carbonyl (C=O) groups excluding carboxylic acids is 1. The highest BCUT2D eigenvalue weighted by molar-refractivity contribution is 7.99. The lowest BCUT2D eigenvalue weighted by atomic mass is 9.99. The molecule has 154 valence electrons. The van der Waals surface area contributed by atoms with Gasteiger partial charge in [-0.2, -0.15) is 0 Å². The first-order valence-corrected chi connectivity index (χ1v) is 11.0. The fourth-order valence-corrected chi connectivity index (χ4v) is 4.20. The maximum atomic E-state index is 12.3. The van der Waals surface area contributed by atoms with Gasteiger partial charge in [-0.3, -0.25) is 4.79 Å². The predicted molar refractivity (Wildman–Crippen MR) is 125 cm³/mol. The Morgan fingerprint density at radius 3 is 2.53 bits per heavy atom. The van der Waals surface area contributed by atoms with Gasteiger partial charge in [0.05, 0.1) is 0 Å². The molecule has 0 unspecified atom stereocenters. The van der Waals surface area contributed by atoms with Crippen molar-refractivity contribution in [2.45, 2.75) is 36.5 Å². The molecular formula is C26H27NO2S. The van der Waals surface area contributed by atoms with E-state index in [-0.39, 0.29) is 11.7 Å². The number of unbranched alkanes of at least 4 members (excludes halogenated alkanes) is 1. The smallest absolute Gasteiger partial charge is 0.251 e. The number of hydrogen-bond donors (Lipinski definition) is 2. The number of amides is 1. The second-order valence-corrected chi connectivity index (χ2v) is 8.30. The van der Waals surface area contributed by atoms with Gasteiger partial charge < -0.3 is 10.4 Å². The van der Waals surface area contributed by atoms with Crippen LogP contribution in [-0.4, -0.2) is 17.6 Å². The number of hydrogen-bond acceptors (Lipinski definition) is 3. The van der Waals surface area contributed by atoms with Crippen LogP contribution in [0.5, 0.6) is 5.75 Å². The second-order valence-electron chi connectivity index (χ2n) is 7.22.